The van der Waals surface area contributed by atoms with Crippen LogP contribution in [0.2, 0.25) is 0 Å². The highest BCUT2D eigenvalue weighted by Gasteiger charge is 2.25. The van der Waals surface area contributed by atoms with Gasteiger partial charge in [0.05, 0.1) is 0 Å². The van der Waals surface area contributed by atoms with Gasteiger partial charge in [-0.2, -0.15) is 0 Å². The highest BCUT2D eigenvalue weighted by Crippen LogP contribution is 2.39. The molecule has 3 rings (SSSR count). The summed E-state index contributed by atoms with van der Waals surface area (Å²) in [6.45, 7) is 0. The summed E-state index contributed by atoms with van der Waals surface area (Å²) in [5.41, 5.74) is 0. The molecule has 0 unspecified atom stereocenters. The average molecular weight is 248 g/mol. The van der Waals surface area contributed by atoms with Gasteiger partial charge in [-0.05, 0) is 23.7 Å². The first-order valence-electron chi connectivity index (χ1n) is 8.90. The van der Waals surface area contributed by atoms with Crippen molar-refractivity contribution in [3.8, 4) is 0 Å². The van der Waals surface area contributed by atoms with Crippen LogP contribution in [-0.4, -0.2) is 0 Å². The van der Waals surface area contributed by atoms with Gasteiger partial charge in [0.1, 0.15) is 0 Å². The van der Waals surface area contributed by atoms with Gasteiger partial charge in [0.2, 0.25) is 0 Å². The molecule has 0 radical (unpaired) electrons. The maximum absolute atomic E-state index is 1.57. The Kier molecular flexibility index (Phi) is 4.65. The van der Waals surface area contributed by atoms with Crippen molar-refractivity contribution in [3.63, 3.8) is 0 Å². The quantitative estimate of drug-likeness (QED) is 0.497. The molecule has 0 aromatic rings. The number of hydrogen-bond acceptors (Lipinski definition) is 0. The summed E-state index contributed by atoms with van der Waals surface area (Å²) < 4.78 is 0. The van der Waals surface area contributed by atoms with E-state index >= 15 is 0 Å². The van der Waals surface area contributed by atoms with E-state index in [0.717, 1.165) is 23.7 Å². The van der Waals surface area contributed by atoms with Crippen molar-refractivity contribution < 1.29 is 0 Å². The van der Waals surface area contributed by atoms with Gasteiger partial charge in [-0.3, -0.25) is 0 Å². The molecular weight excluding hydrogens is 216 g/mol. The highest BCUT2D eigenvalue weighted by molar-refractivity contribution is 4.77. The fraction of sp³-hybridized carbons (Fsp3) is 1.00. The van der Waals surface area contributed by atoms with E-state index < -0.39 is 0 Å². The van der Waals surface area contributed by atoms with E-state index in [1.165, 1.54) is 0 Å². The zero-order valence-corrected chi connectivity index (χ0v) is 12.2. The van der Waals surface area contributed by atoms with Crippen molar-refractivity contribution in [2.24, 2.45) is 23.7 Å². The normalized spacial score (nSPS) is 32.7. The summed E-state index contributed by atoms with van der Waals surface area (Å²) in [6.07, 6.45) is 21.8. The van der Waals surface area contributed by atoms with Crippen LogP contribution in [0.5, 0.6) is 0 Å². The van der Waals surface area contributed by atoms with Gasteiger partial charge >= 0.3 is 0 Å². The summed E-state index contributed by atoms with van der Waals surface area (Å²) >= 11 is 0. The summed E-state index contributed by atoms with van der Waals surface area (Å²) in [6, 6.07) is 0. The molecule has 3 fully saturated rings. The minimum Gasteiger partial charge on any atom is -0.0528 e. The molecule has 0 atom stereocenters. The molecule has 3 saturated carbocycles. The lowest BCUT2D eigenvalue weighted by atomic mass is 9.78. The molecule has 18 heavy (non-hydrogen) atoms. The monoisotopic (exact) mass is 248 g/mol. The molecule has 0 N–H and O–H groups in total. The van der Waals surface area contributed by atoms with E-state index in [-0.39, 0.29) is 0 Å². The van der Waals surface area contributed by atoms with Gasteiger partial charge < -0.3 is 0 Å². The van der Waals surface area contributed by atoms with Crippen LogP contribution in [0.15, 0.2) is 0 Å². The van der Waals surface area contributed by atoms with Gasteiger partial charge in [-0.15, -0.1) is 0 Å². The SMILES string of the molecule is C(CC1CC1)CC1CCC(CCCC2CC2)CC1. The lowest BCUT2D eigenvalue weighted by Crippen LogP contribution is -2.14. The predicted octanol–water partition coefficient (Wildman–Crippen LogP) is 5.95. The Hall–Kier alpha value is 0. The number of rotatable bonds is 8. The standard InChI is InChI=1S/C18H32/c1(3-15-7-8-15)5-17-11-13-18(14-12-17)6-2-4-16-9-10-16/h15-18H,1-14H2. The van der Waals surface area contributed by atoms with Crippen molar-refractivity contribution in [2.75, 3.05) is 0 Å². The minimum absolute atomic E-state index is 1.11. The van der Waals surface area contributed by atoms with Crippen molar-refractivity contribution in [3.05, 3.63) is 0 Å². The summed E-state index contributed by atoms with van der Waals surface area (Å²) in [7, 11) is 0. The van der Waals surface area contributed by atoms with E-state index in [4.69, 9.17) is 0 Å². The Bertz CT molecular complexity index is 202. The zero-order chi connectivity index (χ0) is 12.2. The number of hydrogen-bond donors (Lipinski definition) is 0. The molecule has 0 heterocycles. The van der Waals surface area contributed by atoms with Gasteiger partial charge in [0, 0.05) is 0 Å². The van der Waals surface area contributed by atoms with Crippen molar-refractivity contribution in [2.45, 2.75) is 89.9 Å². The lowest BCUT2D eigenvalue weighted by molar-refractivity contribution is 0.243. The van der Waals surface area contributed by atoms with Crippen LogP contribution >= 0.6 is 0 Å². The first kappa shape index (κ1) is 13.0. The maximum atomic E-state index is 1.57. The van der Waals surface area contributed by atoms with E-state index in [1.54, 1.807) is 89.9 Å². The molecule has 0 bridgehead atoms. The second-order valence-corrected chi connectivity index (χ2v) is 7.64. The molecule has 0 heteroatoms. The molecule has 0 aromatic heterocycles. The largest absolute Gasteiger partial charge is 0.0528 e. The zero-order valence-electron chi connectivity index (χ0n) is 12.2. The summed E-state index contributed by atoms with van der Waals surface area (Å²) in [5.74, 6) is 4.54. The van der Waals surface area contributed by atoms with E-state index in [9.17, 15) is 0 Å². The molecule has 0 amide bonds. The smallest absolute Gasteiger partial charge is 0.0414 e. The van der Waals surface area contributed by atoms with Gasteiger partial charge in [0.25, 0.3) is 0 Å². The molecule has 3 aliphatic rings. The van der Waals surface area contributed by atoms with Crippen molar-refractivity contribution in [1.82, 2.24) is 0 Å². The first-order chi connectivity index (χ1) is 8.90. The second-order valence-electron chi connectivity index (χ2n) is 7.64. The Morgan fingerprint density at radius 1 is 0.389 bits per heavy atom. The molecule has 0 aromatic carbocycles. The third-order valence-electron chi connectivity index (χ3n) is 5.81. The van der Waals surface area contributed by atoms with E-state index in [1.807, 2.05) is 0 Å². The molecule has 3 aliphatic carbocycles. The Labute approximate surface area is 114 Å². The molecule has 0 saturated heterocycles. The Balaban J connectivity index is 1.21. The first-order valence-corrected chi connectivity index (χ1v) is 8.90. The summed E-state index contributed by atoms with van der Waals surface area (Å²) in [4.78, 5) is 0. The molecule has 0 nitrogen and oxygen atoms in total. The van der Waals surface area contributed by atoms with Crippen LogP contribution in [0.4, 0.5) is 0 Å². The highest BCUT2D eigenvalue weighted by atomic mass is 14.3. The molecule has 0 spiro atoms. The van der Waals surface area contributed by atoms with E-state index in [2.05, 4.69) is 0 Å². The molecular formula is C18H32. The molecule has 104 valence electrons. The predicted molar refractivity (Wildman–Crippen MR) is 78.6 cm³/mol. The topological polar surface area (TPSA) is 0 Å². The third-order valence-corrected chi connectivity index (χ3v) is 5.81. The summed E-state index contributed by atoms with van der Waals surface area (Å²) in [5, 5.41) is 0. The van der Waals surface area contributed by atoms with Gasteiger partial charge in [-0.1, -0.05) is 89.9 Å². The van der Waals surface area contributed by atoms with Crippen LogP contribution in [0.3, 0.4) is 0 Å². The third kappa shape index (κ3) is 4.59. The van der Waals surface area contributed by atoms with Crippen LogP contribution in [0.25, 0.3) is 0 Å². The Morgan fingerprint density at radius 2 is 0.611 bits per heavy atom. The fourth-order valence-corrected chi connectivity index (χ4v) is 4.01. The van der Waals surface area contributed by atoms with E-state index in [0.29, 0.717) is 0 Å². The van der Waals surface area contributed by atoms with Crippen LogP contribution in [0.1, 0.15) is 89.9 Å². The Morgan fingerprint density at radius 3 is 0.833 bits per heavy atom. The average Bonchev–Trinajstić information content (AvgIpc) is 3.25. The maximum Gasteiger partial charge on any atom is -0.0414 e. The minimum atomic E-state index is 1.11. The van der Waals surface area contributed by atoms with Crippen molar-refractivity contribution >= 4 is 0 Å². The lowest BCUT2D eigenvalue weighted by Gasteiger charge is -2.28. The van der Waals surface area contributed by atoms with Crippen LogP contribution in [0, 0.1) is 23.7 Å². The second kappa shape index (κ2) is 6.44. The van der Waals surface area contributed by atoms with Gasteiger partial charge in [0.15, 0.2) is 0 Å². The van der Waals surface area contributed by atoms with Crippen LogP contribution in [-0.2, 0) is 0 Å². The van der Waals surface area contributed by atoms with Gasteiger partial charge in [-0.25, -0.2) is 0 Å². The fourth-order valence-electron chi connectivity index (χ4n) is 4.01. The van der Waals surface area contributed by atoms with Crippen LogP contribution < -0.4 is 0 Å². The molecule has 0 aliphatic heterocycles. The van der Waals surface area contributed by atoms with Crippen molar-refractivity contribution in [1.29, 1.82) is 0 Å².